The molecule has 2 aromatic carbocycles. The summed E-state index contributed by atoms with van der Waals surface area (Å²) in [5.41, 5.74) is 1.52. The van der Waals surface area contributed by atoms with Crippen LogP contribution >= 0.6 is 11.6 Å². The largest absolute Gasteiger partial charge is 0.456 e. The van der Waals surface area contributed by atoms with Crippen LogP contribution in [0.5, 0.6) is 11.5 Å². The molecular formula is C14H11ClN2O. The zero-order valence-corrected chi connectivity index (χ0v) is 10.5. The summed E-state index contributed by atoms with van der Waals surface area (Å²) in [6.07, 6.45) is 0. The van der Waals surface area contributed by atoms with Crippen LogP contribution in [0.3, 0.4) is 0 Å². The van der Waals surface area contributed by atoms with Crippen LogP contribution in [0.1, 0.15) is 5.56 Å². The zero-order chi connectivity index (χ0) is 13.0. The van der Waals surface area contributed by atoms with Crippen LogP contribution in [-0.2, 0) is 0 Å². The van der Waals surface area contributed by atoms with E-state index in [0.29, 0.717) is 22.1 Å². The highest BCUT2D eigenvalue weighted by Crippen LogP contribution is 2.30. The minimum absolute atomic E-state index is 0.423. The van der Waals surface area contributed by atoms with Crippen molar-refractivity contribution in [3.05, 3.63) is 53.1 Å². The Hall–Kier alpha value is -2.18. The predicted molar refractivity (Wildman–Crippen MR) is 72.2 cm³/mol. The molecule has 4 heteroatoms. The van der Waals surface area contributed by atoms with Gasteiger partial charge < -0.3 is 10.1 Å². The molecule has 0 aliphatic carbocycles. The van der Waals surface area contributed by atoms with Crippen LogP contribution < -0.4 is 10.1 Å². The smallest absolute Gasteiger partial charge is 0.146 e. The first kappa shape index (κ1) is 12.3. The van der Waals surface area contributed by atoms with Crippen molar-refractivity contribution in [2.75, 3.05) is 12.4 Å². The van der Waals surface area contributed by atoms with E-state index in [1.807, 2.05) is 37.4 Å². The molecule has 2 aromatic rings. The van der Waals surface area contributed by atoms with Crippen molar-refractivity contribution in [3.8, 4) is 17.6 Å². The first-order valence-electron chi connectivity index (χ1n) is 5.38. The maximum atomic E-state index is 8.74. The van der Waals surface area contributed by atoms with Crippen molar-refractivity contribution in [1.29, 1.82) is 5.26 Å². The van der Waals surface area contributed by atoms with Gasteiger partial charge in [-0.1, -0.05) is 11.6 Å². The van der Waals surface area contributed by atoms with E-state index in [1.165, 1.54) is 0 Å². The average molecular weight is 259 g/mol. The van der Waals surface area contributed by atoms with Gasteiger partial charge in [-0.15, -0.1) is 0 Å². The highest BCUT2D eigenvalue weighted by atomic mass is 35.5. The zero-order valence-electron chi connectivity index (χ0n) is 9.77. The van der Waals surface area contributed by atoms with E-state index >= 15 is 0 Å². The normalized spacial score (nSPS) is 9.61. The Labute approximate surface area is 111 Å². The number of hydrogen-bond donors (Lipinski definition) is 1. The lowest BCUT2D eigenvalue weighted by Gasteiger charge is -2.08. The van der Waals surface area contributed by atoms with E-state index in [9.17, 15) is 0 Å². The van der Waals surface area contributed by atoms with Gasteiger partial charge in [0.2, 0.25) is 0 Å². The third-order valence-electron chi connectivity index (χ3n) is 2.43. The molecule has 0 unspecified atom stereocenters. The van der Waals surface area contributed by atoms with Gasteiger partial charge in [-0.2, -0.15) is 5.26 Å². The maximum Gasteiger partial charge on any atom is 0.146 e. The van der Waals surface area contributed by atoms with Gasteiger partial charge >= 0.3 is 0 Å². The lowest BCUT2D eigenvalue weighted by Crippen LogP contribution is -1.89. The molecule has 0 spiro atoms. The van der Waals surface area contributed by atoms with Gasteiger partial charge in [-0.05, 0) is 42.5 Å². The number of ether oxygens (including phenoxy) is 1. The van der Waals surface area contributed by atoms with E-state index in [2.05, 4.69) is 5.32 Å². The summed E-state index contributed by atoms with van der Waals surface area (Å²) < 4.78 is 5.64. The quantitative estimate of drug-likeness (QED) is 0.903. The summed E-state index contributed by atoms with van der Waals surface area (Å²) in [4.78, 5) is 0. The Bertz CT molecular complexity index is 588. The lowest BCUT2D eigenvalue weighted by atomic mass is 10.2. The molecule has 0 atom stereocenters. The molecule has 0 saturated heterocycles. The second-order valence-corrected chi connectivity index (χ2v) is 4.04. The van der Waals surface area contributed by atoms with Crippen molar-refractivity contribution in [3.63, 3.8) is 0 Å². The molecule has 0 bridgehead atoms. The molecule has 0 amide bonds. The summed E-state index contributed by atoms with van der Waals surface area (Å²) in [6.45, 7) is 0. The van der Waals surface area contributed by atoms with Crippen LogP contribution in [0.25, 0.3) is 0 Å². The Morgan fingerprint density at radius 3 is 2.44 bits per heavy atom. The van der Waals surface area contributed by atoms with Crippen molar-refractivity contribution in [2.45, 2.75) is 0 Å². The molecule has 3 nitrogen and oxygen atoms in total. The molecule has 90 valence electrons. The highest BCUT2D eigenvalue weighted by Gasteiger charge is 2.04. The molecule has 1 N–H and O–H groups in total. The summed E-state index contributed by atoms with van der Waals surface area (Å²) in [5.74, 6) is 1.23. The molecule has 0 aliphatic rings. The van der Waals surface area contributed by atoms with Gasteiger partial charge in [-0.3, -0.25) is 0 Å². The molecule has 2 rings (SSSR count). The molecule has 0 heterocycles. The monoisotopic (exact) mass is 258 g/mol. The van der Waals surface area contributed by atoms with E-state index in [1.54, 1.807) is 18.2 Å². The number of hydrogen-bond acceptors (Lipinski definition) is 3. The number of nitrogens with one attached hydrogen (secondary N) is 1. The van der Waals surface area contributed by atoms with Crippen LogP contribution in [0, 0.1) is 11.3 Å². The number of nitrogens with zero attached hydrogens (tertiary/aromatic N) is 1. The average Bonchev–Trinajstić information content (AvgIpc) is 2.42. The fraction of sp³-hybridized carbons (Fsp3) is 0.0714. The lowest BCUT2D eigenvalue weighted by molar-refractivity contribution is 0.483. The summed E-state index contributed by atoms with van der Waals surface area (Å²) in [5, 5.41) is 12.2. The number of rotatable bonds is 3. The fourth-order valence-electron chi connectivity index (χ4n) is 1.47. The van der Waals surface area contributed by atoms with Gasteiger partial charge in [0.25, 0.3) is 0 Å². The van der Waals surface area contributed by atoms with E-state index in [-0.39, 0.29) is 0 Å². The summed E-state index contributed by atoms with van der Waals surface area (Å²) >= 11 is 6.03. The van der Waals surface area contributed by atoms with Crippen LogP contribution in [-0.4, -0.2) is 7.05 Å². The second-order valence-electron chi connectivity index (χ2n) is 3.63. The number of benzene rings is 2. The van der Waals surface area contributed by atoms with E-state index in [4.69, 9.17) is 21.6 Å². The van der Waals surface area contributed by atoms with Crippen molar-refractivity contribution in [2.24, 2.45) is 0 Å². The number of anilines is 1. The molecule has 18 heavy (non-hydrogen) atoms. The molecule has 0 saturated carbocycles. The minimum Gasteiger partial charge on any atom is -0.456 e. The van der Waals surface area contributed by atoms with E-state index in [0.717, 1.165) is 5.69 Å². The SMILES string of the molecule is CNc1ccc(Oc2ccc(C#N)cc2Cl)cc1. The predicted octanol–water partition coefficient (Wildman–Crippen LogP) is 4.05. The number of halogens is 1. The summed E-state index contributed by atoms with van der Waals surface area (Å²) in [7, 11) is 1.85. The van der Waals surface area contributed by atoms with Gasteiger partial charge in [0, 0.05) is 12.7 Å². The Morgan fingerprint density at radius 2 is 1.89 bits per heavy atom. The molecule has 0 fully saturated rings. The van der Waals surface area contributed by atoms with Gasteiger partial charge in [0.1, 0.15) is 11.5 Å². The van der Waals surface area contributed by atoms with Crippen molar-refractivity contribution in [1.82, 2.24) is 0 Å². The second kappa shape index (κ2) is 5.44. The molecular weight excluding hydrogens is 248 g/mol. The third-order valence-corrected chi connectivity index (χ3v) is 2.73. The topological polar surface area (TPSA) is 45.0 Å². The Balaban J connectivity index is 2.20. The van der Waals surface area contributed by atoms with Crippen molar-refractivity contribution < 1.29 is 4.74 Å². The molecule has 0 aliphatic heterocycles. The van der Waals surface area contributed by atoms with Gasteiger partial charge in [0.15, 0.2) is 0 Å². The van der Waals surface area contributed by atoms with E-state index < -0.39 is 0 Å². The summed E-state index contributed by atoms with van der Waals surface area (Å²) in [6, 6.07) is 14.5. The van der Waals surface area contributed by atoms with Crippen molar-refractivity contribution >= 4 is 17.3 Å². The fourth-order valence-corrected chi connectivity index (χ4v) is 1.69. The first-order chi connectivity index (χ1) is 8.72. The van der Waals surface area contributed by atoms with Crippen LogP contribution in [0.2, 0.25) is 5.02 Å². The minimum atomic E-state index is 0.423. The number of nitriles is 1. The highest BCUT2D eigenvalue weighted by molar-refractivity contribution is 6.32. The Morgan fingerprint density at radius 1 is 1.17 bits per heavy atom. The maximum absolute atomic E-state index is 8.74. The molecule has 0 radical (unpaired) electrons. The standard InChI is InChI=1S/C14H11ClN2O/c1-17-11-3-5-12(6-4-11)18-14-7-2-10(9-16)8-13(14)15/h2-8,17H,1H3. The Kier molecular flexibility index (Phi) is 3.71. The first-order valence-corrected chi connectivity index (χ1v) is 5.76. The molecule has 0 aromatic heterocycles. The van der Waals surface area contributed by atoms with Gasteiger partial charge in [0.05, 0.1) is 16.7 Å². The van der Waals surface area contributed by atoms with Gasteiger partial charge in [-0.25, -0.2) is 0 Å². The third kappa shape index (κ3) is 2.73. The van der Waals surface area contributed by atoms with Crippen LogP contribution in [0.15, 0.2) is 42.5 Å². The van der Waals surface area contributed by atoms with Crippen LogP contribution in [0.4, 0.5) is 5.69 Å².